The number of rotatable bonds is 4. The van der Waals surface area contributed by atoms with Crippen molar-refractivity contribution in [2.75, 3.05) is 26.7 Å². The number of likely N-dealkylation sites (N-methyl/N-ethyl adjacent to an activating group) is 1. The monoisotopic (exact) mass is 410 g/mol. The Bertz CT molecular complexity index is 883. The van der Waals surface area contributed by atoms with E-state index in [1.807, 2.05) is 18.2 Å². The second-order valence-corrected chi connectivity index (χ2v) is 7.55. The van der Waals surface area contributed by atoms with Gasteiger partial charge in [0.2, 0.25) is 5.89 Å². The van der Waals surface area contributed by atoms with Gasteiger partial charge in [-0.2, -0.15) is 4.98 Å². The highest BCUT2D eigenvalue weighted by molar-refractivity contribution is 7.98. The third-order valence-electron chi connectivity index (χ3n) is 4.46. The molecule has 0 radical (unpaired) electrons. The first-order valence-electron chi connectivity index (χ1n) is 8.26. The minimum atomic E-state index is 0. The minimum Gasteiger partial charge on any atom is -0.338 e. The summed E-state index contributed by atoms with van der Waals surface area (Å²) in [6, 6.07) is 12.3. The van der Waals surface area contributed by atoms with E-state index in [0.29, 0.717) is 11.6 Å². The molecule has 0 amide bonds. The molecule has 0 saturated carbocycles. The van der Waals surface area contributed by atoms with E-state index in [9.17, 15) is 0 Å². The van der Waals surface area contributed by atoms with Gasteiger partial charge in [0.15, 0.2) is 5.82 Å². The maximum absolute atomic E-state index is 6.39. The van der Waals surface area contributed by atoms with Crippen LogP contribution in [0.25, 0.3) is 10.8 Å². The zero-order chi connectivity index (χ0) is 17.2. The number of nitrogens with zero attached hydrogens (tertiary/aromatic N) is 3. The summed E-state index contributed by atoms with van der Waals surface area (Å²) in [5.74, 6) is 2.02. The average Bonchev–Trinajstić information content (AvgIpc) is 3.09. The van der Waals surface area contributed by atoms with Crippen LogP contribution in [0.3, 0.4) is 0 Å². The van der Waals surface area contributed by atoms with Crippen LogP contribution in [-0.2, 0) is 5.75 Å². The predicted molar refractivity (Wildman–Crippen MR) is 108 cm³/mol. The van der Waals surface area contributed by atoms with Crippen LogP contribution in [0.15, 0.2) is 45.8 Å². The maximum Gasteiger partial charge on any atom is 0.237 e. The van der Waals surface area contributed by atoms with Gasteiger partial charge < -0.3 is 9.84 Å². The molecular formula is C18H20Cl2N4OS. The van der Waals surface area contributed by atoms with Crippen molar-refractivity contribution < 1.29 is 4.52 Å². The molecule has 2 aromatic carbocycles. The van der Waals surface area contributed by atoms with Crippen LogP contribution in [0.5, 0.6) is 0 Å². The van der Waals surface area contributed by atoms with Crippen molar-refractivity contribution in [1.82, 2.24) is 20.4 Å². The van der Waals surface area contributed by atoms with E-state index < -0.39 is 0 Å². The highest BCUT2D eigenvalue weighted by Gasteiger charge is 2.25. The molecular weight excluding hydrogens is 391 g/mol. The molecule has 5 nitrogen and oxygen atoms in total. The Morgan fingerprint density at radius 3 is 2.92 bits per heavy atom. The SMILES string of the molecule is CN1CCNCC1c1noc(CSc2cccc3cccc(Cl)c23)n1.Cl. The largest absolute Gasteiger partial charge is 0.338 e. The number of piperazine rings is 1. The van der Waals surface area contributed by atoms with Gasteiger partial charge in [-0.25, -0.2) is 0 Å². The summed E-state index contributed by atoms with van der Waals surface area (Å²) in [4.78, 5) is 7.97. The van der Waals surface area contributed by atoms with E-state index >= 15 is 0 Å². The molecule has 8 heteroatoms. The molecule has 1 aromatic heterocycles. The molecule has 0 spiro atoms. The summed E-state index contributed by atoms with van der Waals surface area (Å²) in [7, 11) is 2.09. The average molecular weight is 411 g/mol. The van der Waals surface area contributed by atoms with Gasteiger partial charge in [-0.3, -0.25) is 4.90 Å². The predicted octanol–water partition coefficient (Wildman–Crippen LogP) is 4.17. The van der Waals surface area contributed by atoms with Crippen molar-refractivity contribution in [2.45, 2.75) is 16.7 Å². The van der Waals surface area contributed by atoms with Crippen molar-refractivity contribution >= 4 is 46.5 Å². The number of hydrogen-bond acceptors (Lipinski definition) is 6. The van der Waals surface area contributed by atoms with Crippen LogP contribution < -0.4 is 5.32 Å². The van der Waals surface area contributed by atoms with Gasteiger partial charge in [0.05, 0.1) is 11.8 Å². The fourth-order valence-electron chi connectivity index (χ4n) is 3.08. The fourth-order valence-corrected chi connectivity index (χ4v) is 4.36. The van der Waals surface area contributed by atoms with Crippen molar-refractivity contribution in [2.24, 2.45) is 0 Å². The van der Waals surface area contributed by atoms with E-state index in [2.05, 4.69) is 45.6 Å². The molecule has 1 aliphatic heterocycles. The standard InChI is InChI=1S/C18H19ClN4OS.ClH/c1-23-9-8-20-10-14(23)18-21-16(24-22-18)11-25-15-7-3-5-12-4-2-6-13(19)17(12)15;/h2-7,14,20H,8-11H2,1H3;1H. The maximum atomic E-state index is 6.39. The zero-order valence-corrected chi connectivity index (χ0v) is 16.7. The molecule has 138 valence electrons. The lowest BCUT2D eigenvalue weighted by molar-refractivity contribution is 0.190. The molecule has 1 atom stereocenters. The number of fused-ring (bicyclic) bond motifs is 1. The number of halogens is 2. The summed E-state index contributed by atoms with van der Waals surface area (Å²) in [6.45, 7) is 2.83. The summed E-state index contributed by atoms with van der Waals surface area (Å²) < 4.78 is 5.46. The van der Waals surface area contributed by atoms with E-state index in [1.165, 1.54) is 0 Å². The number of hydrogen-bond donors (Lipinski definition) is 1. The van der Waals surface area contributed by atoms with Gasteiger partial charge in [0, 0.05) is 34.9 Å². The number of nitrogens with one attached hydrogen (secondary N) is 1. The van der Waals surface area contributed by atoms with Crippen molar-refractivity contribution in [1.29, 1.82) is 0 Å². The summed E-state index contributed by atoms with van der Waals surface area (Å²) in [5.41, 5.74) is 0. The molecule has 3 aromatic rings. The van der Waals surface area contributed by atoms with Gasteiger partial charge in [0.25, 0.3) is 0 Å². The Labute approximate surface area is 167 Å². The van der Waals surface area contributed by atoms with Crippen LogP contribution in [0.2, 0.25) is 5.02 Å². The van der Waals surface area contributed by atoms with Crippen LogP contribution in [0.4, 0.5) is 0 Å². The highest BCUT2D eigenvalue weighted by atomic mass is 35.5. The first kappa shape index (κ1) is 19.5. The quantitative estimate of drug-likeness (QED) is 0.651. The summed E-state index contributed by atoms with van der Waals surface area (Å²) >= 11 is 8.06. The molecule has 1 unspecified atom stereocenters. The third-order valence-corrected chi connectivity index (χ3v) is 5.82. The lowest BCUT2D eigenvalue weighted by Crippen LogP contribution is -2.44. The van der Waals surface area contributed by atoms with Crippen molar-refractivity contribution in [3.8, 4) is 0 Å². The Morgan fingerprint density at radius 2 is 2.12 bits per heavy atom. The molecule has 4 rings (SSSR count). The number of thioether (sulfide) groups is 1. The number of benzene rings is 2. The van der Waals surface area contributed by atoms with Crippen molar-refractivity contribution in [3.63, 3.8) is 0 Å². The summed E-state index contributed by atoms with van der Waals surface area (Å²) in [6.07, 6.45) is 0. The van der Waals surface area contributed by atoms with Crippen LogP contribution >= 0.6 is 35.8 Å². The molecule has 1 aliphatic rings. The molecule has 26 heavy (non-hydrogen) atoms. The molecule has 0 aliphatic carbocycles. The minimum absolute atomic E-state index is 0. The normalized spacial score (nSPS) is 18.0. The van der Waals surface area contributed by atoms with E-state index in [1.54, 1.807) is 11.8 Å². The first-order chi connectivity index (χ1) is 12.2. The Balaban J connectivity index is 0.00000196. The molecule has 1 fully saturated rings. The first-order valence-corrected chi connectivity index (χ1v) is 9.62. The van der Waals surface area contributed by atoms with Crippen LogP contribution in [-0.4, -0.2) is 41.7 Å². The van der Waals surface area contributed by atoms with Gasteiger partial charge in [-0.1, -0.05) is 41.0 Å². The van der Waals surface area contributed by atoms with E-state index in [0.717, 1.165) is 46.1 Å². The third kappa shape index (κ3) is 4.00. The van der Waals surface area contributed by atoms with Gasteiger partial charge >= 0.3 is 0 Å². The van der Waals surface area contributed by atoms with Gasteiger partial charge in [0.1, 0.15) is 0 Å². The Hall–Kier alpha value is -1.31. The Kier molecular flexibility index (Phi) is 6.42. The summed E-state index contributed by atoms with van der Waals surface area (Å²) in [5, 5.41) is 10.5. The highest BCUT2D eigenvalue weighted by Crippen LogP contribution is 2.34. The molecule has 1 N–H and O–H groups in total. The topological polar surface area (TPSA) is 54.2 Å². The second kappa shape index (κ2) is 8.59. The van der Waals surface area contributed by atoms with Crippen molar-refractivity contribution in [3.05, 3.63) is 53.1 Å². The number of aromatic nitrogens is 2. The van der Waals surface area contributed by atoms with Crippen LogP contribution in [0.1, 0.15) is 17.8 Å². The van der Waals surface area contributed by atoms with E-state index in [4.69, 9.17) is 16.1 Å². The molecule has 1 saturated heterocycles. The molecule has 2 heterocycles. The van der Waals surface area contributed by atoms with Gasteiger partial charge in [-0.05, 0) is 24.6 Å². The Morgan fingerprint density at radius 1 is 1.31 bits per heavy atom. The fraction of sp³-hybridized carbons (Fsp3) is 0.333. The zero-order valence-electron chi connectivity index (χ0n) is 14.3. The van der Waals surface area contributed by atoms with E-state index in [-0.39, 0.29) is 18.4 Å². The smallest absolute Gasteiger partial charge is 0.237 e. The lowest BCUT2D eigenvalue weighted by atomic mass is 10.1. The molecule has 0 bridgehead atoms. The van der Waals surface area contributed by atoms with Gasteiger partial charge in [-0.15, -0.1) is 24.2 Å². The van der Waals surface area contributed by atoms with Crippen LogP contribution in [0, 0.1) is 0 Å². The lowest BCUT2D eigenvalue weighted by Gasteiger charge is -2.30. The second-order valence-electron chi connectivity index (χ2n) is 6.13.